The highest BCUT2D eigenvalue weighted by molar-refractivity contribution is 7.91. The number of benzene rings is 2. The van der Waals surface area contributed by atoms with Gasteiger partial charge in [-0.15, -0.1) is 0 Å². The molecule has 0 bridgehead atoms. The molecule has 1 amide bonds. The van der Waals surface area contributed by atoms with E-state index in [1.165, 1.54) is 31.3 Å². The Kier molecular flexibility index (Phi) is 5.20. The normalized spacial score (nSPS) is 11.5. The molecule has 9 heteroatoms. The van der Waals surface area contributed by atoms with Crippen LogP contribution in [0.2, 0.25) is 0 Å². The highest BCUT2D eigenvalue weighted by Gasteiger charge is 2.19. The summed E-state index contributed by atoms with van der Waals surface area (Å²) in [5.41, 5.74) is 3.34. The van der Waals surface area contributed by atoms with Gasteiger partial charge >= 0.3 is 0 Å². The minimum absolute atomic E-state index is 0.00596. The van der Waals surface area contributed by atoms with Crippen molar-refractivity contribution in [3.63, 3.8) is 0 Å². The lowest BCUT2D eigenvalue weighted by atomic mass is 10.1. The summed E-state index contributed by atoms with van der Waals surface area (Å²) in [6, 6.07) is 13.5. The van der Waals surface area contributed by atoms with Gasteiger partial charge in [0.25, 0.3) is 5.91 Å². The van der Waals surface area contributed by atoms with Gasteiger partial charge in [-0.3, -0.25) is 4.79 Å². The number of carbonyl (C=O) groups is 1. The second-order valence-corrected chi connectivity index (χ2v) is 9.30. The van der Waals surface area contributed by atoms with Crippen LogP contribution < -0.4 is 5.32 Å². The molecule has 0 aliphatic rings. The largest absolute Gasteiger partial charge is 0.506 e. The van der Waals surface area contributed by atoms with Crippen LogP contribution >= 0.6 is 0 Å². The molecule has 158 valence electrons. The van der Waals surface area contributed by atoms with Crippen molar-refractivity contribution in [2.75, 3.05) is 11.1 Å². The third-order valence-electron chi connectivity index (χ3n) is 4.95. The van der Waals surface area contributed by atoms with E-state index in [2.05, 4.69) is 15.4 Å². The van der Waals surface area contributed by atoms with Crippen molar-refractivity contribution >= 4 is 27.1 Å². The van der Waals surface area contributed by atoms with Gasteiger partial charge in [-0.05, 0) is 31.2 Å². The van der Waals surface area contributed by atoms with Gasteiger partial charge in [0.15, 0.2) is 15.5 Å². The van der Waals surface area contributed by atoms with Crippen LogP contribution in [0.1, 0.15) is 22.8 Å². The maximum Gasteiger partial charge on any atom is 0.261 e. The molecule has 2 aromatic carbocycles. The standard InChI is InChI=1S/C22H20N4O4S/c1-3-31(29,30)16-8-9-20(27)18(12-16)25-22(28)17-13-24-26-19(10-11-23-21(17)26)15-6-4-14(2)5-7-15/h4-13,27H,3H2,1-2H3,(H,25,28). The van der Waals surface area contributed by atoms with Gasteiger partial charge in [0, 0.05) is 11.8 Å². The first kappa shape index (κ1) is 20.5. The summed E-state index contributed by atoms with van der Waals surface area (Å²) in [4.78, 5) is 17.2. The first-order chi connectivity index (χ1) is 14.8. The number of aromatic hydroxyl groups is 1. The van der Waals surface area contributed by atoms with Crippen molar-refractivity contribution in [3.05, 3.63) is 72.1 Å². The molecule has 2 aromatic heterocycles. The zero-order valence-corrected chi connectivity index (χ0v) is 17.7. The molecule has 2 heterocycles. The molecule has 0 saturated carbocycles. The van der Waals surface area contributed by atoms with Crippen LogP contribution in [0.5, 0.6) is 5.75 Å². The number of phenols is 1. The smallest absolute Gasteiger partial charge is 0.261 e. The van der Waals surface area contributed by atoms with Crippen LogP contribution in [-0.2, 0) is 9.84 Å². The molecule has 0 fully saturated rings. The van der Waals surface area contributed by atoms with Crippen molar-refractivity contribution in [1.29, 1.82) is 0 Å². The minimum atomic E-state index is -3.49. The number of aryl methyl sites for hydroxylation is 1. The predicted molar refractivity (Wildman–Crippen MR) is 117 cm³/mol. The summed E-state index contributed by atoms with van der Waals surface area (Å²) < 4.78 is 25.8. The molecular weight excluding hydrogens is 416 g/mol. The number of amides is 1. The minimum Gasteiger partial charge on any atom is -0.506 e. The second kappa shape index (κ2) is 7.84. The Balaban J connectivity index is 1.71. The molecule has 4 rings (SSSR count). The number of nitrogens with one attached hydrogen (secondary N) is 1. The highest BCUT2D eigenvalue weighted by Crippen LogP contribution is 2.28. The zero-order valence-electron chi connectivity index (χ0n) is 16.9. The van der Waals surface area contributed by atoms with Gasteiger partial charge in [0.05, 0.1) is 28.2 Å². The molecule has 0 atom stereocenters. The van der Waals surface area contributed by atoms with Gasteiger partial charge in [-0.25, -0.2) is 17.9 Å². The van der Waals surface area contributed by atoms with Crippen LogP contribution in [0.25, 0.3) is 16.9 Å². The lowest BCUT2D eigenvalue weighted by Gasteiger charge is -2.09. The van der Waals surface area contributed by atoms with Crippen molar-refractivity contribution in [1.82, 2.24) is 14.6 Å². The number of anilines is 1. The molecule has 8 nitrogen and oxygen atoms in total. The molecule has 0 aliphatic heterocycles. The van der Waals surface area contributed by atoms with Crippen molar-refractivity contribution < 1.29 is 18.3 Å². The number of sulfone groups is 1. The van der Waals surface area contributed by atoms with E-state index in [0.29, 0.717) is 5.65 Å². The number of phenolic OH excluding ortho intramolecular Hbond substituents is 1. The fourth-order valence-corrected chi connectivity index (χ4v) is 4.07. The summed E-state index contributed by atoms with van der Waals surface area (Å²) in [5, 5.41) is 17.0. The van der Waals surface area contributed by atoms with Crippen LogP contribution in [0.15, 0.2) is 65.8 Å². The molecule has 0 radical (unpaired) electrons. The fraction of sp³-hybridized carbons (Fsp3) is 0.136. The van der Waals surface area contributed by atoms with E-state index in [1.807, 2.05) is 31.2 Å². The van der Waals surface area contributed by atoms with Crippen LogP contribution in [0.3, 0.4) is 0 Å². The number of carbonyl (C=O) groups excluding carboxylic acids is 1. The third kappa shape index (κ3) is 3.87. The van der Waals surface area contributed by atoms with Crippen LogP contribution in [-0.4, -0.2) is 39.8 Å². The highest BCUT2D eigenvalue weighted by atomic mass is 32.2. The lowest BCUT2D eigenvalue weighted by molar-refractivity contribution is 0.102. The van der Waals surface area contributed by atoms with Crippen LogP contribution in [0.4, 0.5) is 5.69 Å². The Morgan fingerprint density at radius 2 is 1.87 bits per heavy atom. The Morgan fingerprint density at radius 1 is 1.13 bits per heavy atom. The Morgan fingerprint density at radius 3 is 2.58 bits per heavy atom. The summed E-state index contributed by atoms with van der Waals surface area (Å²) in [7, 11) is -3.49. The zero-order chi connectivity index (χ0) is 22.2. The van der Waals surface area contributed by atoms with Crippen molar-refractivity contribution in [3.8, 4) is 17.0 Å². The third-order valence-corrected chi connectivity index (χ3v) is 6.68. The van der Waals surface area contributed by atoms with E-state index in [0.717, 1.165) is 16.8 Å². The fourth-order valence-electron chi connectivity index (χ4n) is 3.16. The summed E-state index contributed by atoms with van der Waals surface area (Å²) in [6.07, 6.45) is 2.98. The number of hydrogen-bond donors (Lipinski definition) is 2. The SMILES string of the molecule is CCS(=O)(=O)c1ccc(O)c(NC(=O)c2cnn3c(-c4ccc(C)cc4)ccnc23)c1. The van der Waals surface area contributed by atoms with E-state index < -0.39 is 15.7 Å². The van der Waals surface area contributed by atoms with Crippen LogP contribution in [0, 0.1) is 6.92 Å². The monoisotopic (exact) mass is 436 g/mol. The predicted octanol–water partition coefficient (Wildman–Crippen LogP) is 3.46. The second-order valence-electron chi connectivity index (χ2n) is 7.03. The van der Waals surface area contributed by atoms with Crippen molar-refractivity contribution in [2.45, 2.75) is 18.7 Å². The number of fused-ring (bicyclic) bond motifs is 1. The Bertz CT molecular complexity index is 1390. The van der Waals surface area contributed by atoms with E-state index in [9.17, 15) is 18.3 Å². The molecule has 0 unspecified atom stereocenters. The average molecular weight is 436 g/mol. The average Bonchev–Trinajstić information content (AvgIpc) is 3.20. The molecule has 2 N–H and O–H groups in total. The molecule has 31 heavy (non-hydrogen) atoms. The molecule has 0 spiro atoms. The maximum absolute atomic E-state index is 12.9. The van der Waals surface area contributed by atoms with E-state index in [-0.39, 0.29) is 27.6 Å². The Labute approximate surface area is 179 Å². The summed E-state index contributed by atoms with van der Waals surface area (Å²) in [6.45, 7) is 3.52. The van der Waals surface area contributed by atoms with Gasteiger partial charge < -0.3 is 10.4 Å². The van der Waals surface area contributed by atoms with E-state index in [1.54, 1.807) is 16.8 Å². The molecule has 0 aliphatic carbocycles. The first-order valence-electron chi connectivity index (χ1n) is 9.57. The van der Waals surface area contributed by atoms with Crippen molar-refractivity contribution in [2.24, 2.45) is 0 Å². The number of aromatic nitrogens is 3. The van der Waals surface area contributed by atoms with Gasteiger partial charge in [-0.1, -0.05) is 36.8 Å². The Hall–Kier alpha value is -3.72. The molecular formula is C22H20N4O4S. The topological polar surface area (TPSA) is 114 Å². The molecule has 0 saturated heterocycles. The van der Waals surface area contributed by atoms with Gasteiger partial charge in [-0.2, -0.15) is 5.10 Å². The quantitative estimate of drug-likeness (QED) is 0.463. The lowest BCUT2D eigenvalue weighted by Crippen LogP contribution is -2.13. The number of rotatable bonds is 5. The summed E-state index contributed by atoms with van der Waals surface area (Å²) in [5.74, 6) is -0.900. The maximum atomic E-state index is 12.9. The van der Waals surface area contributed by atoms with E-state index in [4.69, 9.17) is 0 Å². The summed E-state index contributed by atoms with van der Waals surface area (Å²) >= 11 is 0. The van der Waals surface area contributed by atoms with E-state index >= 15 is 0 Å². The number of nitrogens with zero attached hydrogens (tertiary/aromatic N) is 3. The first-order valence-corrected chi connectivity index (χ1v) is 11.2. The van der Waals surface area contributed by atoms with Gasteiger partial charge in [0.2, 0.25) is 0 Å². The number of hydrogen-bond acceptors (Lipinski definition) is 6. The van der Waals surface area contributed by atoms with Gasteiger partial charge in [0.1, 0.15) is 11.3 Å². The molecule has 4 aromatic rings.